The third-order valence-corrected chi connectivity index (χ3v) is 3.18. The molecule has 0 saturated heterocycles. The molecule has 0 heterocycles. The Morgan fingerprint density at radius 2 is 1.95 bits per heavy atom. The molecule has 1 amide bonds. The normalized spacial score (nSPS) is 12.2. The summed E-state index contributed by atoms with van der Waals surface area (Å²) in [6.45, 7) is 4.20. The monoisotopic (exact) mass is 277 g/mol. The molecule has 1 N–H and O–H groups in total. The van der Waals surface area contributed by atoms with Gasteiger partial charge in [0.2, 0.25) is 0 Å². The maximum absolute atomic E-state index is 11.7. The van der Waals surface area contributed by atoms with Crippen LogP contribution in [0.4, 0.5) is 0 Å². The highest BCUT2D eigenvalue weighted by atomic mass is 35.5. The Labute approximate surface area is 117 Å². The van der Waals surface area contributed by atoms with E-state index in [4.69, 9.17) is 16.3 Å². The molecular weight excluding hydrogens is 262 g/mol. The molecule has 0 spiro atoms. The van der Waals surface area contributed by atoms with Crippen LogP contribution in [-0.4, -0.2) is 18.6 Å². The van der Waals surface area contributed by atoms with Gasteiger partial charge in [-0.05, 0) is 26.0 Å². The Kier molecular flexibility index (Phi) is 4.27. The number of ether oxygens (including phenoxy) is 1. The maximum atomic E-state index is 11.7. The number of rotatable bonds is 4. The third kappa shape index (κ3) is 2.99. The number of hydrogen-bond donors (Lipinski definition) is 1. The summed E-state index contributed by atoms with van der Waals surface area (Å²) >= 11 is 6.14. The maximum Gasteiger partial charge on any atom is 0.260 e. The standard InChI is InChI=1S/C15H16ClNO2/c1-3-17-15(18)10(2)19-14-9-8-13(16)11-6-4-5-7-12(11)14/h4-10H,3H2,1-2H3,(H,17,18)/t10-/m1/s1. The minimum absolute atomic E-state index is 0.124. The van der Waals surface area contributed by atoms with Crippen LogP contribution in [0, 0.1) is 0 Å². The lowest BCUT2D eigenvalue weighted by atomic mass is 10.1. The average molecular weight is 278 g/mol. The number of nitrogens with one attached hydrogen (secondary N) is 1. The molecule has 2 aromatic carbocycles. The molecule has 0 bridgehead atoms. The van der Waals surface area contributed by atoms with Gasteiger partial charge in [-0.1, -0.05) is 35.9 Å². The summed E-state index contributed by atoms with van der Waals surface area (Å²) in [7, 11) is 0. The molecule has 0 unspecified atom stereocenters. The number of halogens is 1. The Bertz CT molecular complexity index is 598. The molecule has 2 rings (SSSR count). The van der Waals surface area contributed by atoms with Crippen LogP contribution in [0.3, 0.4) is 0 Å². The number of benzene rings is 2. The lowest BCUT2D eigenvalue weighted by Crippen LogP contribution is -2.36. The van der Waals surface area contributed by atoms with Crippen LogP contribution < -0.4 is 10.1 Å². The van der Waals surface area contributed by atoms with E-state index in [9.17, 15) is 4.79 Å². The van der Waals surface area contributed by atoms with Gasteiger partial charge < -0.3 is 10.1 Å². The predicted molar refractivity (Wildman–Crippen MR) is 77.7 cm³/mol. The van der Waals surface area contributed by atoms with Crippen LogP contribution >= 0.6 is 11.6 Å². The van der Waals surface area contributed by atoms with Crippen molar-refractivity contribution in [2.24, 2.45) is 0 Å². The molecule has 0 radical (unpaired) electrons. The Morgan fingerprint density at radius 3 is 2.63 bits per heavy atom. The van der Waals surface area contributed by atoms with Crippen LogP contribution in [0.2, 0.25) is 5.02 Å². The number of hydrogen-bond acceptors (Lipinski definition) is 2. The largest absolute Gasteiger partial charge is 0.480 e. The summed E-state index contributed by atoms with van der Waals surface area (Å²) in [6.07, 6.45) is -0.537. The molecule has 100 valence electrons. The summed E-state index contributed by atoms with van der Waals surface area (Å²) in [5.74, 6) is 0.542. The molecule has 0 aliphatic rings. The van der Waals surface area contributed by atoms with Gasteiger partial charge in [0.15, 0.2) is 6.10 Å². The van der Waals surface area contributed by atoms with Crippen molar-refractivity contribution in [3.05, 3.63) is 41.4 Å². The van der Waals surface area contributed by atoms with Crippen LogP contribution in [0.25, 0.3) is 10.8 Å². The fraction of sp³-hybridized carbons (Fsp3) is 0.267. The van der Waals surface area contributed by atoms with E-state index < -0.39 is 6.10 Å². The zero-order chi connectivity index (χ0) is 13.8. The van der Waals surface area contributed by atoms with Gasteiger partial charge in [0, 0.05) is 22.3 Å². The first kappa shape index (κ1) is 13.7. The Morgan fingerprint density at radius 1 is 1.26 bits per heavy atom. The number of likely N-dealkylation sites (N-methyl/N-ethyl adjacent to an activating group) is 1. The van der Waals surface area contributed by atoms with Crippen molar-refractivity contribution in [1.82, 2.24) is 5.32 Å². The average Bonchev–Trinajstić information content (AvgIpc) is 2.42. The van der Waals surface area contributed by atoms with Gasteiger partial charge in [-0.3, -0.25) is 4.79 Å². The fourth-order valence-corrected chi connectivity index (χ4v) is 2.13. The topological polar surface area (TPSA) is 38.3 Å². The molecule has 19 heavy (non-hydrogen) atoms. The second-order valence-corrected chi connectivity index (χ2v) is 4.65. The van der Waals surface area contributed by atoms with Crippen molar-refractivity contribution in [3.63, 3.8) is 0 Å². The molecule has 0 fully saturated rings. The van der Waals surface area contributed by atoms with Gasteiger partial charge in [0.1, 0.15) is 5.75 Å². The molecule has 0 aromatic heterocycles. The third-order valence-electron chi connectivity index (χ3n) is 2.85. The smallest absolute Gasteiger partial charge is 0.260 e. The number of fused-ring (bicyclic) bond motifs is 1. The SMILES string of the molecule is CCNC(=O)[C@@H](C)Oc1ccc(Cl)c2ccccc12. The van der Waals surface area contributed by atoms with Crippen LogP contribution in [0.5, 0.6) is 5.75 Å². The lowest BCUT2D eigenvalue weighted by Gasteiger charge is -2.16. The van der Waals surface area contributed by atoms with Crippen molar-refractivity contribution < 1.29 is 9.53 Å². The van der Waals surface area contributed by atoms with E-state index in [0.29, 0.717) is 17.3 Å². The lowest BCUT2D eigenvalue weighted by molar-refractivity contribution is -0.127. The van der Waals surface area contributed by atoms with E-state index in [1.165, 1.54) is 0 Å². The fourth-order valence-electron chi connectivity index (χ4n) is 1.90. The zero-order valence-corrected chi connectivity index (χ0v) is 11.7. The first-order valence-corrected chi connectivity index (χ1v) is 6.63. The molecule has 2 aromatic rings. The van der Waals surface area contributed by atoms with E-state index in [0.717, 1.165) is 10.8 Å². The predicted octanol–water partition coefficient (Wildman–Crippen LogP) is 3.40. The molecule has 0 aliphatic heterocycles. The molecule has 3 nitrogen and oxygen atoms in total. The Hall–Kier alpha value is -1.74. The Balaban J connectivity index is 2.31. The molecule has 1 atom stereocenters. The van der Waals surface area contributed by atoms with Crippen LogP contribution in [0.1, 0.15) is 13.8 Å². The van der Waals surface area contributed by atoms with Gasteiger partial charge in [0.25, 0.3) is 5.91 Å². The summed E-state index contributed by atoms with van der Waals surface area (Å²) in [4.78, 5) is 11.7. The summed E-state index contributed by atoms with van der Waals surface area (Å²) in [6, 6.07) is 11.3. The summed E-state index contributed by atoms with van der Waals surface area (Å²) in [5, 5.41) is 5.24. The van der Waals surface area contributed by atoms with E-state index in [2.05, 4.69) is 5.32 Å². The highest BCUT2D eigenvalue weighted by molar-refractivity contribution is 6.35. The minimum atomic E-state index is -0.537. The second kappa shape index (κ2) is 5.93. The van der Waals surface area contributed by atoms with E-state index in [1.807, 2.05) is 31.2 Å². The van der Waals surface area contributed by atoms with Gasteiger partial charge in [-0.25, -0.2) is 0 Å². The van der Waals surface area contributed by atoms with E-state index >= 15 is 0 Å². The van der Waals surface area contributed by atoms with Crippen molar-refractivity contribution in [2.75, 3.05) is 6.54 Å². The molecule has 4 heteroatoms. The first-order chi connectivity index (χ1) is 9.13. The quantitative estimate of drug-likeness (QED) is 0.930. The first-order valence-electron chi connectivity index (χ1n) is 6.25. The molecule has 0 saturated carbocycles. The van der Waals surface area contributed by atoms with Crippen LogP contribution in [-0.2, 0) is 4.79 Å². The van der Waals surface area contributed by atoms with Crippen molar-refractivity contribution in [1.29, 1.82) is 0 Å². The second-order valence-electron chi connectivity index (χ2n) is 4.25. The summed E-state index contributed by atoms with van der Waals surface area (Å²) < 4.78 is 5.73. The van der Waals surface area contributed by atoms with Crippen LogP contribution in [0.15, 0.2) is 36.4 Å². The van der Waals surface area contributed by atoms with E-state index in [1.54, 1.807) is 19.1 Å². The number of carbonyl (C=O) groups is 1. The molecule has 0 aliphatic carbocycles. The van der Waals surface area contributed by atoms with E-state index in [-0.39, 0.29) is 5.91 Å². The number of amides is 1. The minimum Gasteiger partial charge on any atom is -0.480 e. The number of carbonyl (C=O) groups excluding carboxylic acids is 1. The van der Waals surface area contributed by atoms with Gasteiger partial charge in [-0.15, -0.1) is 0 Å². The van der Waals surface area contributed by atoms with Crippen molar-refractivity contribution >= 4 is 28.3 Å². The van der Waals surface area contributed by atoms with Crippen molar-refractivity contribution in [3.8, 4) is 5.75 Å². The summed E-state index contributed by atoms with van der Waals surface area (Å²) in [5.41, 5.74) is 0. The van der Waals surface area contributed by atoms with Crippen molar-refractivity contribution in [2.45, 2.75) is 20.0 Å². The van der Waals surface area contributed by atoms with Gasteiger partial charge >= 0.3 is 0 Å². The highest BCUT2D eigenvalue weighted by Crippen LogP contribution is 2.31. The van der Waals surface area contributed by atoms with Gasteiger partial charge in [0.05, 0.1) is 0 Å². The zero-order valence-electron chi connectivity index (χ0n) is 10.9. The molecular formula is C15H16ClNO2. The highest BCUT2D eigenvalue weighted by Gasteiger charge is 2.15. The van der Waals surface area contributed by atoms with Gasteiger partial charge in [-0.2, -0.15) is 0 Å².